The lowest BCUT2D eigenvalue weighted by Crippen LogP contribution is -2.21. The topological polar surface area (TPSA) is 42.2 Å². The fourth-order valence-corrected chi connectivity index (χ4v) is 1.89. The van der Waals surface area contributed by atoms with Crippen LogP contribution in [0.25, 0.3) is 0 Å². The van der Waals surface area contributed by atoms with Gasteiger partial charge in [0.05, 0.1) is 6.54 Å². The normalized spacial score (nSPS) is 10.2. The minimum atomic E-state index is -0.254. The van der Waals surface area contributed by atoms with E-state index in [2.05, 4.69) is 5.32 Å². The zero-order valence-corrected chi connectivity index (χ0v) is 9.27. The average Bonchev–Trinajstić information content (AvgIpc) is 2.84. The van der Waals surface area contributed by atoms with E-state index in [-0.39, 0.29) is 16.9 Å². The summed E-state index contributed by atoms with van der Waals surface area (Å²) in [6.45, 7) is 0.509. The maximum Gasteiger partial charge on any atom is 0.287 e. The van der Waals surface area contributed by atoms with Crippen molar-refractivity contribution in [1.29, 1.82) is 0 Å². The van der Waals surface area contributed by atoms with Crippen molar-refractivity contribution in [2.45, 2.75) is 6.54 Å². The summed E-state index contributed by atoms with van der Waals surface area (Å²) >= 11 is 7.15. The van der Waals surface area contributed by atoms with Gasteiger partial charge in [-0.15, -0.1) is 11.3 Å². The van der Waals surface area contributed by atoms with Crippen LogP contribution >= 0.6 is 22.9 Å². The van der Waals surface area contributed by atoms with Crippen LogP contribution in [0, 0.1) is 0 Å². The molecular formula is C10H8ClNO2S. The van der Waals surface area contributed by atoms with Gasteiger partial charge in [-0.3, -0.25) is 4.79 Å². The van der Waals surface area contributed by atoms with Gasteiger partial charge in [0, 0.05) is 4.88 Å². The summed E-state index contributed by atoms with van der Waals surface area (Å²) in [6, 6.07) is 6.99. The van der Waals surface area contributed by atoms with E-state index in [1.807, 2.05) is 17.5 Å². The highest BCUT2D eigenvalue weighted by molar-refractivity contribution is 7.09. The minimum Gasteiger partial charge on any atom is -0.440 e. The molecule has 2 heterocycles. The van der Waals surface area contributed by atoms with Gasteiger partial charge in [-0.1, -0.05) is 6.07 Å². The quantitative estimate of drug-likeness (QED) is 0.898. The van der Waals surface area contributed by atoms with Crippen LogP contribution in [0.4, 0.5) is 0 Å². The van der Waals surface area contributed by atoms with Gasteiger partial charge >= 0.3 is 0 Å². The predicted octanol–water partition coefficient (Wildman–Crippen LogP) is 2.92. The molecule has 0 fully saturated rings. The van der Waals surface area contributed by atoms with Gasteiger partial charge in [0.15, 0.2) is 11.0 Å². The molecule has 2 aromatic heterocycles. The summed E-state index contributed by atoms with van der Waals surface area (Å²) in [6.07, 6.45) is 0. The van der Waals surface area contributed by atoms with E-state index in [1.54, 1.807) is 23.5 Å². The second-order valence-electron chi connectivity index (χ2n) is 2.87. The van der Waals surface area contributed by atoms with E-state index in [0.717, 1.165) is 4.88 Å². The van der Waals surface area contributed by atoms with Gasteiger partial charge in [-0.2, -0.15) is 0 Å². The summed E-state index contributed by atoms with van der Waals surface area (Å²) in [4.78, 5) is 12.6. The molecule has 0 aliphatic carbocycles. The number of carbonyl (C=O) groups excluding carboxylic acids is 1. The first-order valence-electron chi connectivity index (χ1n) is 4.31. The molecule has 0 saturated carbocycles. The molecule has 1 N–H and O–H groups in total. The van der Waals surface area contributed by atoms with Crippen LogP contribution < -0.4 is 5.32 Å². The fourth-order valence-electron chi connectivity index (χ4n) is 1.10. The Morgan fingerprint density at radius 1 is 1.47 bits per heavy atom. The number of thiophene rings is 1. The molecule has 0 atom stereocenters. The molecule has 0 aliphatic heterocycles. The van der Waals surface area contributed by atoms with Crippen molar-refractivity contribution in [2.24, 2.45) is 0 Å². The van der Waals surface area contributed by atoms with Crippen molar-refractivity contribution in [1.82, 2.24) is 5.32 Å². The van der Waals surface area contributed by atoms with Crippen molar-refractivity contribution in [3.63, 3.8) is 0 Å². The number of amides is 1. The Morgan fingerprint density at radius 3 is 2.93 bits per heavy atom. The second-order valence-corrected chi connectivity index (χ2v) is 4.27. The molecule has 3 nitrogen and oxygen atoms in total. The van der Waals surface area contributed by atoms with Crippen LogP contribution in [0.2, 0.25) is 5.22 Å². The van der Waals surface area contributed by atoms with E-state index in [0.29, 0.717) is 6.54 Å². The standard InChI is InChI=1S/C10H8ClNO2S/c11-9-4-3-8(14-9)10(13)12-6-7-2-1-5-15-7/h1-5H,6H2,(H,12,13). The lowest BCUT2D eigenvalue weighted by atomic mass is 10.4. The molecule has 2 rings (SSSR count). The highest BCUT2D eigenvalue weighted by Crippen LogP contribution is 2.13. The van der Waals surface area contributed by atoms with E-state index in [1.165, 1.54) is 0 Å². The van der Waals surface area contributed by atoms with Crippen LogP contribution in [-0.4, -0.2) is 5.91 Å². The molecule has 5 heteroatoms. The van der Waals surface area contributed by atoms with Crippen LogP contribution in [0.3, 0.4) is 0 Å². The smallest absolute Gasteiger partial charge is 0.287 e. The van der Waals surface area contributed by atoms with Crippen LogP contribution in [0.1, 0.15) is 15.4 Å². The average molecular weight is 242 g/mol. The third-order valence-electron chi connectivity index (χ3n) is 1.80. The first kappa shape index (κ1) is 10.3. The molecule has 0 unspecified atom stereocenters. The molecule has 0 aromatic carbocycles. The summed E-state index contributed by atoms with van der Waals surface area (Å²) in [7, 11) is 0. The molecule has 0 aliphatic rings. The van der Waals surface area contributed by atoms with Crippen molar-refractivity contribution in [3.8, 4) is 0 Å². The number of hydrogen-bond donors (Lipinski definition) is 1. The monoisotopic (exact) mass is 241 g/mol. The third kappa shape index (κ3) is 2.61. The molecule has 0 spiro atoms. The highest BCUT2D eigenvalue weighted by Gasteiger charge is 2.09. The van der Waals surface area contributed by atoms with Gasteiger partial charge in [0.2, 0.25) is 0 Å². The molecular weight excluding hydrogens is 234 g/mol. The molecule has 0 saturated heterocycles. The second kappa shape index (κ2) is 4.51. The Bertz CT molecular complexity index is 450. The number of furan rings is 1. The third-order valence-corrected chi connectivity index (χ3v) is 2.88. The van der Waals surface area contributed by atoms with E-state index in [4.69, 9.17) is 16.0 Å². The Hall–Kier alpha value is -1.26. The molecule has 2 aromatic rings. The number of nitrogens with one attached hydrogen (secondary N) is 1. The number of hydrogen-bond acceptors (Lipinski definition) is 3. The van der Waals surface area contributed by atoms with Gasteiger partial charge in [-0.25, -0.2) is 0 Å². The summed E-state index contributed by atoms with van der Waals surface area (Å²) in [5, 5.41) is 4.92. The number of rotatable bonds is 3. The van der Waals surface area contributed by atoms with Gasteiger partial charge in [-0.05, 0) is 35.2 Å². The maximum atomic E-state index is 11.5. The largest absolute Gasteiger partial charge is 0.440 e. The highest BCUT2D eigenvalue weighted by atomic mass is 35.5. The number of carbonyl (C=O) groups is 1. The summed E-state index contributed by atoms with van der Waals surface area (Å²) in [5.74, 6) is -0.0214. The van der Waals surface area contributed by atoms with E-state index in [9.17, 15) is 4.79 Å². The molecule has 0 bridgehead atoms. The zero-order chi connectivity index (χ0) is 10.7. The lowest BCUT2D eigenvalue weighted by Gasteiger charge is -1.99. The van der Waals surface area contributed by atoms with Gasteiger partial charge in [0.1, 0.15) is 0 Å². The SMILES string of the molecule is O=C(NCc1cccs1)c1ccc(Cl)o1. The van der Waals surface area contributed by atoms with Crippen molar-refractivity contribution < 1.29 is 9.21 Å². The predicted molar refractivity (Wildman–Crippen MR) is 59.2 cm³/mol. The summed E-state index contributed by atoms with van der Waals surface area (Å²) in [5.41, 5.74) is 0. The van der Waals surface area contributed by atoms with Crippen LogP contribution in [-0.2, 0) is 6.54 Å². The Morgan fingerprint density at radius 2 is 2.33 bits per heavy atom. The van der Waals surface area contributed by atoms with Crippen molar-refractivity contribution >= 4 is 28.8 Å². The number of halogens is 1. The molecule has 15 heavy (non-hydrogen) atoms. The van der Waals surface area contributed by atoms with E-state index >= 15 is 0 Å². The zero-order valence-electron chi connectivity index (χ0n) is 7.70. The van der Waals surface area contributed by atoms with Crippen molar-refractivity contribution in [2.75, 3.05) is 0 Å². The van der Waals surface area contributed by atoms with E-state index < -0.39 is 0 Å². The molecule has 0 radical (unpaired) electrons. The Balaban J connectivity index is 1.93. The van der Waals surface area contributed by atoms with Gasteiger partial charge < -0.3 is 9.73 Å². The van der Waals surface area contributed by atoms with Crippen molar-refractivity contribution in [3.05, 3.63) is 45.5 Å². The lowest BCUT2D eigenvalue weighted by molar-refractivity contribution is 0.0923. The maximum absolute atomic E-state index is 11.5. The Labute approximate surface area is 95.7 Å². The van der Waals surface area contributed by atoms with Crippen LogP contribution in [0.15, 0.2) is 34.1 Å². The van der Waals surface area contributed by atoms with Crippen LogP contribution in [0.5, 0.6) is 0 Å². The first-order valence-corrected chi connectivity index (χ1v) is 5.57. The molecule has 1 amide bonds. The molecule has 78 valence electrons. The van der Waals surface area contributed by atoms with Gasteiger partial charge in [0.25, 0.3) is 5.91 Å². The fraction of sp³-hybridized carbons (Fsp3) is 0.100. The first-order chi connectivity index (χ1) is 7.25. The minimum absolute atomic E-state index is 0.219. The summed E-state index contributed by atoms with van der Waals surface area (Å²) < 4.78 is 4.97. The Kier molecular flexibility index (Phi) is 3.08.